The summed E-state index contributed by atoms with van der Waals surface area (Å²) in [4.78, 5) is 11.7. The number of hydrogen-bond acceptors (Lipinski definition) is 2. The highest BCUT2D eigenvalue weighted by molar-refractivity contribution is 5.90. The number of amides is 2. The number of halogens is 3. The van der Waals surface area contributed by atoms with Crippen molar-refractivity contribution in [2.75, 3.05) is 12.0 Å². The maximum absolute atomic E-state index is 12.8. The minimum atomic E-state index is -4.54. The number of anilines is 1. The van der Waals surface area contributed by atoms with Gasteiger partial charge in [0.15, 0.2) is 6.73 Å². The van der Waals surface area contributed by atoms with Gasteiger partial charge in [-0.15, -0.1) is 0 Å². The molecule has 4 nitrogen and oxygen atoms in total. The summed E-state index contributed by atoms with van der Waals surface area (Å²) in [6.45, 7) is 3.72. The van der Waals surface area contributed by atoms with Gasteiger partial charge in [0.1, 0.15) is 5.75 Å². The standard InChI is InChI=1S/C17H17F3N2O2/c1-11-7-8-13(9-12(11)2)24-10-21-16(23)22-15-6-4-3-5-14(15)17(18,19)20/h3-9H,10H2,1-2H3,(H2,21,22,23). The molecule has 128 valence electrons. The third kappa shape index (κ3) is 4.65. The summed E-state index contributed by atoms with van der Waals surface area (Å²) < 4.78 is 43.9. The van der Waals surface area contributed by atoms with Crippen LogP contribution in [0.15, 0.2) is 42.5 Å². The van der Waals surface area contributed by atoms with Gasteiger partial charge in [-0.3, -0.25) is 0 Å². The van der Waals surface area contributed by atoms with E-state index in [2.05, 4.69) is 10.6 Å². The van der Waals surface area contributed by atoms with Crippen molar-refractivity contribution >= 4 is 11.7 Å². The molecule has 0 atom stereocenters. The maximum Gasteiger partial charge on any atom is 0.418 e. The predicted molar refractivity (Wildman–Crippen MR) is 85.0 cm³/mol. The molecule has 2 aromatic rings. The van der Waals surface area contributed by atoms with Crippen molar-refractivity contribution in [1.82, 2.24) is 5.32 Å². The van der Waals surface area contributed by atoms with Gasteiger partial charge in [-0.25, -0.2) is 4.79 Å². The number of carbonyl (C=O) groups excluding carboxylic acids is 1. The van der Waals surface area contributed by atoms with Crippen molar-refractivity contribution in [2.24, 2.45) is 0 Å². The Balaban J connectivity index is 1.91. The van der Waals surface area contributed by atoms with Crippen LogP contribution in [0.2, 0.25) is 0 Å². The molecule has 0 spiro atoms. The van der Waals surface area contributed by atoms with Crippen LogP contribution in [0.25, 0.3) is 0 Å². The Labute approximate surface area is 137 Å². The summed E-state index contributed by atoms with van der Waals surface area (Å²) in [6, 6.07) is 9.42. The number of aryl methyl sites for hydroxylation is 2. The van der Waals surface area contributed by atoms with E-state index in [0.717, 1.165) is 17.2 Å². The first-order valence-electron chi connectivity index (χ1n) is 7.18. The van der Waals surface area contributed by atoms with E-state index in [1.807, 2.05) is 26.0 Å². The highest BCUT2D eigenvalue weighted by atomic mass is 19.4. The smallest absolute Gasteiger partial charge is 0.418 e. The average Bonchev–Trinajstić information content (AvgIpc) is 2.50. The summed E-state index contributed by atoms with van der Waals surface area (Å²) in [5.74, 6) is 0.564. The Hall–Kier alpha value is -2.70. The molecule has 0 saturated carbocycles. The second kappa shape index (κ2) is 7.25. The van der Waals surface area contributed by atoms with Crippen molar-refractivity contribution in [3.8, 4) is 5.75 Å². The summed E-state index contributed by atoms with van der Waals surface area (Å²) in [5.41, 5.74) is 0.928. The molecular weight excluding hydrogens is 321 g/mol. The monoisotopic (exact) mass is 338 g/mol. The molecule has 2 amide bonds. The molecule has 0 aliphatic rings. The Morgan fingerprint density at radius 3 is 2.46 bits per heavy atom. The van der Waals surface area contributed by atoms with Crippen LogP contribution in [0.1, 0.15) is 16.7 Å². The Morgan fingerprint density at radius 1 is 1.08 bits per heavy atom. The topological polar surface area (TPSA) is 50.4 Å². The zero-order chi connectivity index (χ0) is 17.7. The molecule has 24 heavy (non-hydrogen) atoms. The van der Waals surface area contributed by atoms with Crippen LogP contribution in [0.4, 0.5) is 23.7 Å². The largest absolute Gasteiger partial charge is 0.473 e. The molecule has 0 aromatic heterocycles. The molecule has 0 aliphatic carbocycles. The first-order chi connectivity index (χ1) is 11.3. The highest BCUT2D eigenvalue weighted by Gasteiger charge is 2.33. The van der Waals surface area contributed by atoms with Crippen LogP contribution in [0.5, 0.6) is 5.75 Å². The van der Waals surface area contributed by atoms with Gasteiger partial charge < -0.3 is 15.4 Å². The quantitative estimate of drug-likeness (QED) is 0.808. The average molecular weight is 338 g/mol. The SMILES string of the molecule is Cc1ccc(OCNC(=O)Nc2ccccc2C(F)(F)F)cc1C. The van der Waals surface area contributed by atoms with Crippen LogP contribution < -0.4 is 15.4 Å². The van der Waals surface area contributed by atoms with Gasteiger partial charge in [0, 0.05) is 0 Å². The number of urea groups is 1. The fourth-order valence-corrected chi connectivity index (χ4v) is 1.99. The van der Waals surface area contributed by atoms with Crippen molar-refractivity contribution in [3.05, 3.63) is 59.2 Å². The van der Waals surface area contributed by atoms with Crippen molar-refractivity contribution in [1.29, 1.82) is 0 Å². The predicted octanol–water partition coefficient (Wildman–Crippen LogP) is 4.48. The molecule has 2 aromatic carbocycles. The summed E-state index contributed by atoms with van der Waals surface area (Å²) in [6.07, 6.45) is -4.54. The molecule has 0 heterocycles. The van der Waals surface area contributed by atoms with Crippen LogP contribution in [-0.4, -0.2) is 12.8 Å². The molecule has 0 aliphatic heterocycles. The molecule has 0 unspecified atom stereocenters. The van der Waals surface area contributed by atoms with Gasteiger partial charge >= 0.3 is 12.2 Å². The van der Waals surface area contributed by atoms with Gasteiger partial charge in [0.2, 0.25) is 0 Å². The lowest BCUT2D eigenvalue weighted by molar-refractivity contribution is -0.136. The van der Waals surface area contributed by atoms with Crippen molar-refractivity contribution in [2.45, 2.75) is 20.0 Å². The van der Waals surface area contributed by atoms with Crippen molar-refractivity contribution < 1.29 is 22.7 Å². The van der Waals surface area contributed by atoms with E-state index in [-0.39, 0.29) is 12.4 Å². The lowest BCUT2D eigenvalue weighted by Gasteiger charge is -2.14. The van der Waals surface area contributed by atoms with E-state index < -0.39 is 17.8 Å². The third-order valence-corrected chi connectivity index (χ3v) is 3.43. The molecule has 0 saturated heterocycles. The Morgan fingerprint density at radius 2 is 1.79 bits per heavy atom. The van der Waals surface area contributed by atoms with Gasteiger partial charge in [-0.2, -0.15) is 13.2 Å². The first kappa shape index (κ1) is 17.7. The summed E-state index contributed by atoms with van der Waals surface area (Å²) >= 11 is 0. The number of alkyl halides is 3. The van der Waals surface area contributed by atoms with Gasteiger partial charge in [-0.1, -0.05) is 18.2 Å². The number of hydrogen-bond donors (Lipinski definition) is 2. The molecule has 0 fully saturated rings. The lowest BCUT2D eigenvalue weighted by Crippen LogP contribution is -2.32. The van der Waals surface area contributed by atoms with E-state index in [9.17, 15) is 18.0 Å². The van der Waals surface area contributed by atoms with Crippen LogP contribution >= 0.6 is 0 Å². The van der Waals surface area contributed by atoms with E-state index in [4.69, 9.17) is 4.74 Å². The second-order valence-electron chi connectivity index (χ2n) is 5.21. The summed E-state index contributed by atoms with van der Waals surface area (Å²) in [7, 11) is 0. The Bertz CT molecular complexity index is 730. The number of ether oxygens (including phenoxy) is 1. The zero-order valence-corrected chi connectivity index (χ0v) is 13.2. The first-order valence-corrected chi connectivity index (χ1v) is 7.18. The van der Waals surface area contributed by atoms with Gasteiger partial charge in [0.25, 0.3) is 0 Å². The molecule has 0 bridgehead atoms. The fourth-order valence-electron chi connectivity index (χ4n) is 1.99. The van der Waals surface area contributed by atoms with Crippen LogP contribution in [-0.2, 0) is 6.18 Å². The number of para-hydroxylation sites is 1. The molecule has 7 heteroatoms. The van der Waals surface area contributed by atoms with E-state index in [0.29, 0.717) is 5.75 Å². The molecule has 0 radical (unpaired) electrons. The highest BCUT2D eigenvalue weighted by Crippen LogP contribution is 2.34. The molecular formula is C17H17F3N2O2. The number of nitrogens with one attached hydrogen (secondary N) is 2. The zero-order valence-electron chi connectivity index (χ0n) is 13.2. The molecule has 2 rings (SSSR count). The van der Waals surface area contributed by atoms with E-state index in [1.54, 1.807) is 6.07 Å². The van der Waals surface area contributed by atoms with Crippen LogP contribution in [0.3, 0.4) is 0 Å². The lowest BCUT2D eigenvalue weighted by atomic mass is 10.1. The number of benzene rings is 2. The minimum Gasteiger partial charge on any atom is -0.473 e. The third-order valence-electron chi connectivity index (χ3n) is 3.43. The minimum absolute atomic E-state index is 0.164. The fraction of sp³-hybridized carbons (Fsp3) is 0.235. The van der Waals surface area contributed by atoms with Crippen molar-refractivity contribution in [3.63, 3.8) is 0 Å². The molecule has 2 N–H and O–H groups in total. The second-order valence-corrected chi connectivity index (χ2v) is 5.21. The van der Waals surface area contributed by atoms with E-state index in [1.165, 1.54) is 18.2 Å². The van der Waals surface area contributed by atoms with Crippen LogP contribution in [0, 0.1) is 13.8 Å². The van der Waals surface area contributed by atoms with Gasteiger partial charge in [-0.05, 0) is 49.2 Å². The van der Waals surface area contributed by atoms with Gasteiger partial charge in [0.05, 0.1) is 11.3 Å². The summed E-state index contributed by atoms with van der Waals surface area (Å²) in [5, 5.41) is 4.53. The maximum atomic E-state index is 12.8. The number of rotatable bonds is 4. The van der Waals surface area contributed by atoms with E-state index >= 15 is 0 Å². The normalized spacial score (nSPS) is 11.0. The number of carbonyl (C=O) groups is 1. The Kier molecular flexibility index (Phi) is 5.33.